The smallest absolute Gasteiger partial charge is 0.0462 e. The maximum absolute atomic E-state index is 6.15. The van der Waals surface area contributed by atoms with E-state index in [9.17, 15) is 0 Å². The van der Waals surface area contributed by atoms with Crippen LogP contribution in [0.15, 0.2) is 18.2 Å². The number of nitrogens with one attached hydrogen (secondary N) is 1. The first-order valence-corrected chi connectivity index (χ1v) is 6.05. The lowest BCUT2D eigenvalue weighted by atomic mass is 10.0. The Hall–Kier alpha value is -0.280. The van der Waals surface area contributed by atoms with E-state index in [0.717, 1.165) is 30.0 Å². The Morgan fingerprint density at radius 3 is 2.75 bits per heavy atom. The van der Waals surface area contributed by atoms with Crippen molar-refractivity contribution < 1.29 is 4.74 Å². The molecule has 16 heavy (non-hydrogen) atoms. The second kappa shape index (κ2) is 7.13. The third-order valence-electron chi connectivity index (χ3n) is 2.52. The van der Waals surface area contributed by atoms with Gasteiger partial charge in [-0.25, -0.2) is 0 Å². The standard InChI is InChI=1S/C12H17Cl2NO/c1-15-12(4-3-7-16-2)10-8-9(13)5-6-11(10)14/h5-6,8,12,15H,3-4,7H2,1-2H3. The Balaban J connectivity index is 2.73. The van der Waals surface area contributed by atoms with Crippen LogP contribution in [-0.4, -0.2) is 20.8 Å². The van der Waals surface area contributed by atoms with E-state index in [-0.39, 0.29) is 6.04 Å². The highest BCUT2D eigenvalue weighted by atomic mass is 35.5. The summed E-state index contributed by atoms with van der Waals surface area (Å²) in [5.74, 6) is 0. The van der Waals surface area contributed by atoms with Gasteiger partial charge in [0.05, 0.1) is 0 Å². The molecule has 0 fully saturated rings. The van der Waals surface area contributed by atoms with Crippen LogP contribution in [0.4, 0.5) is 0 Å². The van der Waals surface area contributed by atoms with Gasteiger partial charge in [0.2, 0.25) is 0 Å². The summed E-state index contributed by atoms with van der Waals surface area (Å²) in [6.45, 7) is 0.760. The van der Waals surface area contributed by atoms with Gasteiger partial charge >= 0.3 is 0 Å². The summed E-state index contributed by atoms with van der Waals surface area (Å²) < 4.78 is 5.04. The molecule has 1 rings (SSSR count). The number of hydrogen-bond acceptors (Lipinski definition) is 2. The molecule has 4 heteroatoms. The molecule has 1 N–H and O–H groups in total. The minimum absolute atomic E-state index is 0.223. The van der Waals surface area contributed by atoms with Crippen LogP contribution in [0.5, 0.6) is 0 Å². The molecule has 0 aliphatic rings. The molecule has 1 unspecified atom stereocenters. The van der Waals surface area contributed by atoms with Crippen molar-refractivity contribution in [3.63, 3.8) is 0 Å². The third-order valence-corrected chi connectivity index (χ3v) is 3.10. The monoisotopic (exact) mass is 261 g/mol. The van der Waals surface area contributed by atoms with Gasteiger partial charge in [0.15, 0.2) is 0 Å². The largest absolute Gasteiger partial charge is 0.385 e. The van der Waals surface area contributed by atoms with Gasteiger partial charge in [-0.15, -0.1) is 0 Å². The van der Waals surface area contributed by atoms with Gasteiger partial charge in [0.1, 0.15) is 0 Å². The van der Waals surface area contributed by atoms with Crippen molar-refractivity contribution in [2.75, 3.05) is 20.8 Å². The lowest BCUT2D eigenvalue weighted by Crippen LogP contribution is -2.17. The fourth-order valence-electron chi connectivity index (χ4n) is 1.67. The van der Waals surface area contributed by atoms with Gasteiger partial charge in [0.25, 0.3) is 0 Å². The normalized spacial score (nSPS) is 12.8. The van der Waals surface area contributed by atoms with Gasteiger partial charge in [-0.2, -0.15) is 0 Å². The Morgan fingerprint density at radius 1 is 1.38 bits per heavy atom. The summed E-state index contributed by atoms with van der Waals surface area (Å²) in [5, 5.41) is 4.71. The Labute approximate surface area is 107 Å². The van der Waals surface area contributed by atoms with E-state index in [4.69, 9.17) is 27.9 Å². The molecular formula is C12H17Cl2NO. The SMILES string of the molecule is CNC(CCCOC)c1cc(Cl)ccc1Cl. The van der Waals surface area contributed by atoms with Crippen LogP contribution >= 0.6 is 23.2 Å². The molecule has 90 valence electrons. The molecule has 1 atom stereocenters. The van der Waals surface area contributed by atoms with E-state index in [1.807, 2.05) is 19.2 Å². The molecule has 0 aliphatic heterocycles. The molecule has 0 aliphatic carbocycles. The average Bonchev–Trinajstić information content (AvgIpc) is 2.28. The number of halogens is 2. The van der Waals surface area contributed by atoms with Crippen molar-refractivity contribution in [1.82, 2.24) is 5.32 Å². The Bertz CT molecular complexity index is 331. The topological polar surface area (TPSA) is 21.3 Å². The maximum Gasteiger partial charge on any atom is 0.0462 e. The van der Waals surface area contributed by atoms with E-state index in [1.165, 1.54) is 0 Å². The first-order chi connectivity index (χ1) is 7.69. The number of methoxy groups -OCH3 is 1. The molecule has 1 aromatic carbocycles. The highest BCUT2D eigenvalue weighted by Gasteiger charge is 2.12. The molecule has 0 saturated carbocycles. The predicted octanol–water partition coefficient (Wildman–Crippen LogP) is 3.68. The zero-order valence-corrected chi connectivity index (χ0v) is 11.1. The van der Waals surface area contributed by atoms with Crippen molar-refractivity contribution >= 4 is 23.2 Å². The summed E-state index contributed by atoms with van der Waals surface area (Å²) >= 11 is 12.1. The maximum atomic E-state index is 6.15. The van der Waals surface area contributed by atoms with E-state index in [2.05, 4.69) is 5.32 Å². The molecule has 1 aromatic rings. The molecule has 0 radical (unpaired) electrons. The van der Waals surface area contributed by atoms with Crippen molar-refractivity contribution in [3.05, 3.63) is 33.8 Å². The minimum Gasteiger partial charge on any atom is -0.385 e. The van der Waals surface area contributed by atoms with Crippen molar-refractivity contribution in [2.24, 2.45) is 0 Å². The average molecular weight is 262 g/mol. The summed E-state index contributed by atoms with van der Waals surface area (Å²) in [5.41, 5.74) is 1.05. The molecule has 2 nitrogen and oxygen atoms in total. The molecule has 0 spiro atoms. The van der Waals surface area contributed by atoms with Crippen molar-refractivity contribution in [3.8, 4) is 0 Å². The number of ether oxygens (including phenoxy) is 1. The summed E-state index contributed by atoms with van der Waals surface area (Å²) in [6.07, 6.45) is 1.97. The lowest BCUT2D eigenvalue weighted by molar-refractivity contribution is 0.189. The van der Waals surface area contributed by atoms with Crippen molar-refractivity contribution in [2.45, 2.75) is 18.9 Å². The summed E-state index contributed by atoms with van der Waals surface area (Å²) in [7, 11) is 3.63. The quantitative estimate of drug-likeness (QED) is 0.789. The molecule has 0 aromatic heterocycles. The number of rotatable bonds is 6. The van der Waals surface area contributed by atoms with Crippen LogP contribution in [0.25, 0.3) is 0 Å². The Kier molecular flexibility index (Phi) is 6.14. The summed E-state index contributed by atoms with van der Waals surface area (Å²) in [4.78, 5) is 0. The van der Waals surface area contributed by atoms with E-state index >= 15 is 0 Å². The van der Waals surface area contributed by atoms with E-state index < -0.39 is 0 Å². The Morgan fingerprint density at radius 2 is 2.12 bits per heavy atom. The fourth-order valence-corrected chi connectivity index (χ4v) is 2.10. The van der Waals surface area contributed by atoms with Gasteiger partial charge in [0, 0.05) is 29.8 Å². The van der Waals surface area contributed by atoms with Crippen LogP contribution in [-0.2, 0) is 4.74 Å². The van der Waals surface area contributed by atoms with Crippen LogP contribution in [0.3, 0.4) is 0 Å². The second-order valence-electron chi connectivity index (χ2n) is 3.64. The molecule has 0 heterocycles. The van der Waals surface area contributed by atoms with Crippen LogP contribution in [0.1, 0.15) is 24.4 Å². The molecule has 0 saturated heterocycles. The van der Waals surface area contributed by atoms with Crippen LogP contribution in [0, 0.1) is 0 Å². The van der Waals surface area contributed by atoms with E-state index in [0.29, 0.717) is 5.02 Å². The van der Waals surface area contributed by atoms with E-state index in [1.54, 1.807) is 13.2 Å². The first-order valence-electron chi connectivity index (χ1n) is 5.30. The second-order valence-corrected chi connectivity index (χ2v) is 4.49. The van der Waals surface area contributed by atoms with Crippen LogP contribution < -0.4 is 5.32 Å². The lowest BCUT2D eigenvalue weighted by Gasteiger charge is -2.18. The minimum atomic E-state index is 0.223. The first kappa shape index (κ1) is 13.8. The van der Waals surface area contributed by atoms with Gasteiger partial charge in [-0.1, -0.05) is 23.2 Å². The zero-order chi connectivity index (χ0) is 12.0. The van der Waals surface area contributed by atoms with Crippen LogP contribution in [0.2, 0.25) is 10.0 Å². The number of hydrogen-bond donors (Lipinski definition) is 1. The fraction of sp³-hybridized carbons (Fsp3) is 0.500. The highest BCUT2D eigenvalue weighted by Crippen LogP contribution is 2.28. The van der Waals surface area contributed by atoms with Gasteiger partial charge in [-0.05, 0) is 43.7 Å². The highest BCUT2D eigenvalue weighted by molar-refractivity contribution is 6.33. The third kappa shape index (κ3) is 3.95. The van der Waals surface area contributed by atoms with Gasteiger partial charge in [-0.3, -0.25) is 0 Å². The molecule has 0 bridgehead atoms. The predicted molar refractivity (Wildman–Crippen MR) is 69.4 cm³/mol. The number of benzene rings is 1. The molecule has 0 amide bonds. The summed E-state index contributed by atoms with van der Waals surface area (Å²) in [6, 6.07) is 5.77. The van der Waals surface area contributed by atoms with Crippen molar-refractivity contribution in [1.29, 1.82) is 0 Å². The van der Waals surface area contributed by atoms with Gasteiger partial charge < -0.3 is 10.1 Å². The molecular weight excluding hydrogens is 245 g/mol. The zero-order valence-electron chi connectivity index (χ0n) is 9.59.